The van der Waals surface area contributed by atoms with Crippen LogP contribution in [-0.2, 0) is 13.2 Å². The number of ether oxygens (including phenoxy) is 2. The molecule has 0 aliphatic rings. The molecule has 0 saturated carbocycles. The maximum absolute atomic E-state index is 6.43. The molecule has 0 radical (unpaired) electrons. The molecule has 0 N–H and O–H groups in total. The van der Waals surface area contributed by atoms with Crippen molar-refractivity contribution in [1.29, 1.82) is 0 Å². The zero-order valence-electron chi connectivity index (χ0n) is 17.3. The Morgan fingerprint density at radius 3 is 2.48 bits per heavy atom. The van der Waals surface area contributed by atoms with Gasteiger partial charge in [-0.25, -0.2) is 4.98 Å². The second kappa shape index (κ2) is 9.46. The Labute approximate surface area is 191 Å². The van der Waals surface area contributed by atoms with Crippen LogP contribution in [0.1, 0.15) is 23.9 Å². The van der Waals surface area contributed by atoms with Gasteiger partial charge in [0.15, 0.2) is 11.5 Å². The average Bonchev–Trinajstić information content (AvgIpc) is 3.13. The van der Waals surface area contributed by atoms with Crippen LogP contribution in [0.15, 0.2) is 66.7 Å². The smallest absolute Gasteiger partial charge is 0.161 e. The van der Waals surface area contributed by atoms with Crippen LogP contribution in [-0.4, -0.2) is 16.7 Å². The van der Waals surface area contributed by atoms with Gasteiger partial charge in [-0.15, -0.1) is 0 Å². The lowest BCUT2D eigenvalue weighted by Crippen LogP contribution is -2.09. The number of methoxy groups -OCH3 is 1. The molecule has 3 aromatic carbocycles. The second-order valence-corrected chi connectivity index (χ2v) is 7.82. The Morgan fingerprint density at radius 2 is 1.74 bits per heavy atom. The Hall–Kier alpha value is -2.95. The van der Waals surface area contributed by atoms with E-state index in [0.29, 0.717) is 28.1 Å². The topological polar surface area (TPSA) is 36.3 Å². The molecule has 0 atom stereocenters. The van der Waals surface area contributed by atoms with E-state index in [0.717, 1.165) is 28.0 Å². The van der Waals surface area contributed by atoms with Crippen LogP contribution in [0.4, 0.5) is 0 Å². The minimum absolute atomic E-state index is 0.274. The number of para-hydroxylation sites is 2. The number of benzene rings is 3. The number of rotatable bonds is 7. The molecule has 0 fully saturated rings. The lowest BCUT2D eigenvalue weighted by atomic mass is 10.2. The zero-order chi connectivity index (χ0) is 21.8. The third-order valence-electron chi connectivity index (χ3n) is 5.02. The van der Waals surface area contributed by atoms with E-state index in [9.17, 15) is 0 Å². The van der Waals surface area contributed by atoms with Gasteiger partial charge in [-0.05, 0) is 48.9 Å². The van der Waals surface area contributed by atoms with Crippen LogP contribution in [0.25, 0.3) is 17.1 Å². The molecule has 0 unspecified atom stereocenters. The van der Waals surface area contributed by atoms with E-state index in [2.05, 4.69) is 4.57 Å². The fraction of sp³-hybridized carbons (Fsp3) is 0.160. The zero-order valence-corrected chi connectivity index (χ0v) is 18.8. The number of imidazole rings is 1. The molecule has 1 heterocycles. The molecule has 4 rings (SSSR count). The van der Waals surface area contributed by atoms with Crippen molar-refractivity contribution in [1.82, 2.24) is 9.55 Å². The molecular formula is C25H22Cl2N2O2. The van der Waals surface area contributed by atoms with Gasteiger partial charge >= 0.3 is 0 Å². The molecule has 4 nitrogen and oxygen atoms in total. The highest BCUT2D eigenvalue weighted by Crippen LogP contribution is 2.31. The van der Waals surface area contributed by atoms with Crippen LogP contribution < -0.4 is 9.47 Å². The van der Waals surface area contributed by atoms with Crippen LogP contribution in [0.3, 0.4) is 0 Å². The molecular weight excluding hydrogens is 431 g/mol. The summed E-state index contributed by atoms with van der Waals surface area (Å²) in [5.41, 5.74) is 3.78. The van der Waals surface area contributed by atoms with Gasteiger partial charge in [0.05, 0.1) is 24.7 Å². The Morgan fingerprint density at radius 1 is 0.968 bits per heavy atom. The van der Waals surface area contributed by atoms with Crippen LogP contribution in [0, 0.1) is 0 Å². The van der Waals surface area contributed by atoms with Crippen LogP contribution in [0.2, 0.25) is 10.0 Å². The van der Waals surface area contributed by atoms with E-state index in [1.54, 1.807) is 7.11 Å². The Kier molecular flexibility index (Phi) is 6.50. The molecule has 0 bridgehead atoms. The molecule has 1 aromatic heterocycles. The SMILES string of the molecule is C/C=C\c1ccc(OCc2nc3ccccc3n2Cc2c(Cl)cccc2Cl)c(OC)c1. The summed E-state index contributed by atoms with van der Waals surface area (Å²) in [6.45, 7) is 2.75. The van der Waals surface area contributed by atoms with Crippen LogP contribution >= 0.6 is 23.2 Å². The van der Waals surface area contributed by atoms with Crippen molar-refractivity contribution in [2.45, 2.75) is 20.1 Å². The van der Waals surface area contributed by atoms with Gasteiger partial charge in [0.2, 0.25) is 0 Å². The first-order valence-corrected chi connectivity index (χ1v) is 10.7. The van der Waals surface area contributed by atoms with Gasteiger partial charge in [-0.3, -0.25) is 0 Å². The van der Waals surface area contributed by atoms with E-state index in [4.69, 9.17) is 37.7 Å². The first-order valence-electron chi connectivity index (χ1n) is 9.91. The summed E-state index contributed by atoms with van der Waals surface area (Å²) >= 11 is 12.9. The highest BCUT2D eigenvalue weighted by atomic mass is 35.5. The van der Waals surface area contributed by atoms with Crippen LogP contribution in [0.5, 0.6) is 11.5 Å². The number of halogens is 2. The Bertz CT molecular complexity index is 1230. The number of hydrogen-bond donors (Lipinski definition) is 0. The highest BCUT2D eigenvalue weighted by Gasteiger charge is 2.15. The van der Waals surface area contributed by atoms with Gasteiger partial charge < -0.3 is 14.0 Å². The number of aromatic nitrogens is 2. The monoisotopic (exact) mass is 452 g/mol. The van der Waals surface area contributed by atoms with Crippen molar-refractivity contribution >= 4 is 40.3 Å². The maximum atomic E-state index is 6.43. The van der Waals surface area contributed by atoms with Gasteiger partial charge in [-0.2, -0.15) is 0 Å². The summed E-state index contributed by atoms with van der Waals surface area (Å²) < 4.78 is 13.7. The largest absolute Gasteiger partial charge is 0.493 e. The molecule has 0 spiro atoms. The molecule has 0 aliphatic heterocycles. The molecule has 4 aromatic rings. The lowest BCUT2D eigenvalue weighted by Gasteiger charge is -2.14. The van der Waals surface area contributed by atoms with Crippen molar-refractivity contribution in [3.05, 3.63) is 93.7 Å². The lowest BCUT2D eigenvalue weighted by molar-refractivity contribution is 0.273. The predicted molar refractivity (Wildman–Crippen MR) is 127 cm³/mol. The van der Waals surface area contributed by atoms with Gasteiger partial charge in [-0.1, -0.05) is 59.6 Å². The molecule has 6 heteroatoms. The van der Waals surface area contributed by atoms with E-state index in [-0.39, 0.29) is 6.61 Å². The summed E-state index contributed by atoms with van der Waals surface area (Å²) in [5.74, 6) is 2.11. The summed E-state index contributed by atoms with van der Waals surface area (Å²) in [6.07, 6.45) is 4.00. The molecule has 31 heavy (non-hydrogen) atoms. The van der Waals surface area contributed by atoms with E-state index < -0.39 is 0 Å². The van der Waals surface area contributed by atoms with Gasteiger partial charge in [0.1, 0.15) is 12.4 Å². The molecule has 0 amide bonds. The first-order chi connectivity index (χ1) is 15.1. The quantitative estimate of drug-likeness (QED) is 0.302. The van der Waals surface area contributed by atoms with Crippen molar-refractivity contribution in [2.24, 2.45) is 0 Å². The third kappa shape index (κ3) is 4.55. The molecule has 0 aliphatic carbocycles. The van der Waals surface area contributed by atoms with Gasteiger partial charge in [0.25, 0.3) is 0 Å². The number of hydrogen-bond acceptors (Lipinski definition) is 3. The Balaban J connectivity index is 1.68. The van der Waals surface area contributed by atoms with E-state index in [1.807, 2.05) is 79.7 Å². The highest BCUT2D eigenvalue weighted by molar-refractivity contribution is 6.36. The maximum Gasteiger partial charge on any atom is 0.161 e. The average molecular weight is 453 g/mol. The van der Waals surface area contributed by atoms with E-state index >= 15 is 0 Å². The number of fused-ring (bicyclic) bond motifs is 1. The van der Waals surface area contributed by atoms with Crippen molar-refractivity contribution in [3.8, 4) is 11.5 Å². The first kappa shape index (κ1) is 21.3. The fourth-order valence-electron chi connectivity index (χ4n) is 3.50. The minimum atomic E-state index is 0.274. The minimum Gasteiger partial charge on any atom is -0.493 e. The number of allylic oxidation sites excluding steroid dienone is 1. The second-order valence-electron chi connectivity index (χ2n) is 7.00. The summed E-state index contributed by atoms with van der Waals surface area (Å²) in [4.78, 5) is 4.79. The van der Waals surface area contributed by atoms with Crippen molar-refractivity contribution in [2.75, 3.05) is 7.11 Å². The van der Waals surface area contributed by atoms with Gasteiger partial charge in [0, 0.05) is 15.6 Å². The molecule has 0 saturated heterocycles. The standard InChI is InChI=1S/C25H22Cl2N2O2/c1-3-7-17-12-13-23(24(14-17)30-2)31-16-25-28-21-10-4-5-11-22(21)29(25)15-18-19(26)8-6-9-20(18)27/h3-14H,15-16H2,1-2H3/b7-3-. The molecule has 158 valence electrons. The fourth-order valence-corrected chi connectivity index (χ4v) is 4.01. The van der Waals surface area contributed by atoms with Crippen molar-refractivity contribution in [3.63, 3.8) is 0 Å². The summed E-state index contributed by atoms with van der Waals surface area (Å²) in [7, 11) is 1.64. The predicted octanol–water partition coefficient (Wildman–Crippen LogP) is 7.01. The number of nitrogens with zero attached hydrogens (tertiary/aromatic N) is 2. The third-order valence-corrected chi connectivity index (χ3v) is 5.72. The summed E-state index contributed by atoms with van der Waals surface area (Å²) in [6, 6.07) is 19.3. The summed E-state index contributed by atoms with van der Waals surface area (Å²) in [5, 5.41) is 1.25. The van der Waals surface area contributed by atoms with E-state index in [1.165, 1.54) is 0 Å². The normalized spacial score (nSPS) is 11.4. The van der Waals surface area contributed by atoms with Crippen molar-refractivity contribution < 1.29 is 9.47 Å².